The van der Waals surface area contributed by atoms with Crippen LogP contribution < -0.4 is 10.5 Å². The van der Waals surface area contributed by atoms with Crippen molar-refractivity contribution in [2.75, 3.05) is 14.2 Å². The molecule has 6 heteroatoms. The highest BCUT2D eigenvalue weighted by Gasteiger charge is 2.24. The second-order valence-corrected chi connectivity index (χ2v) is 4.53. The lowest BCUT2D eigenvalue weighted by molar-refractivity contribution is -0.132. The lowest BCUT2D eigenvalue weighted by atomic mass is 10.0. The molecule has 0 fully saturated rings. The maximum absolute atomic E-state index is 12.3. The Balaban J connectivity index is 2.78. The number of nitrogens with two attached hydrogens (primary N) is 1. The number of carbonyl (C=O) groups is 1. The van der Waals surface area contributed by atoms with Gasteiger partial charge in [-0.25, -0.2) is 0 Å². The molecule has 20 heavy (non-hydrogen) atoms. The van der Waals surface area contributed by atoms with E-state index in [1.165, 1.54) is 0 Å². The second-order valence-electron chi connectivity index (χ2n) is 4.53. The first-order valence-corrected chi connectivity index (χ1v) is 6.38. The van der Waals surface area contributed by atoms with Crippen LogP contribution in [0.2, 0.25) is 0 Å². The predicted molar refractivity (Wildman–Crippen MR) is 76.7 cm³/mol. The van der Waals surface area contributed by atoms with Crippen molar-refractivity contribution in [3.63, 3.8) is 0 Å². The summed E-state index contributed by atoms with van der Waals surface area (Å²) in [6.45, 7) is 2.26. The molecule has 1 rings (SSSR count). The number of nitrogens with zero attached hydrogens (tertiary/aromatic N) is 2. The number of hydrogen-bond acceptors (Lipinski definition) is 4. The van der Waals surface area contributed by atoms with Gasteiger partial charge in [0.05, 0.1) is 13.0 Å². The van der Waals surface area contributed by atoms with Crippen molar-refractivity contribution >= 4 is 11.7 Å². The minimum absolute atomic E-state index is 0.0602. The smallest absolute Gasteiger partial charge is 0.233 e. The van der Waals surface area contributed by atoms with Crippen molar-refractivity contribution in [1.82, 2.24) is 4.90 Å². The van der Waals surface area contributed by atoms with Gasteiger partial charge in [0.15, 0.2) is 5.84 Å². The van der Waals surface area contributed by atoms with Gasteiger partial charge in [-0.3, -0.25) is 4.79 Å². The number of carbonyl (C=O) groups excluding carboxylic acids is 1. The molecular weight excluding hydrogens is 258 g/mol. The quantitative estimate of drug-likeness (QED) is 0.357. The molecule has 1 unspecified atom stereocenters. The van der Waals surface area contributed by atoms with Crippen LogP contribution in [0.25, 0.3) is 0 Å². The Hall–Kier alpha value is -2.24. The Kier molecular flexibility index (Phi) is 5.83. The number of methoxy groups -OCH3 is 1. The van der Waals surface area contributed by atoms with E-state index in [1.54, 1.807) is 19.1 Å². The highest BCUT2D eigenvalue weighted by molar-refractivity contribution is 6.01. The number of rotatable bonds is 6. The SMILES string of the molecule is CCC(C(=O)N(C)Cc1cccc(OC)c1)C(N)=NO. The normalized spacial score (nSPS) is 12.8. The van der Waals surface area contributed by atoms with E-state index in [1.807, 2.05) is 31.2 Å². The summed E-state index contributed by atoms with van der Waals surface area (Å²) in [5.41, 5.74) is 6.49. The Labute approximate surface area is 118 Å². The van der Waals surface area contributed by atoms with Gasteiger partial charge in [-0.15, -0.1) is 0 Å². The number of oxime groups is 1. The summed E-state index contributed by atoms with van der Waals surface area (Å²) in [6, 6.07) is 7.49. The van der Waals surface area contributed by atoms with Gasteiger partial charge >= 0.3 is 0 Å². The molecule has 1 amide bonds. The van der Waals surface area contributed by atoms with Crippen LogP contribution in [0.5, 0.6) is 5.75 Å². The van der Waals surface area contributed by atoms with Crippen LogP contribution in [0.3, 0.4) is 0 Å². The van der Waals surface area contributed by atoms with E-state index < -0.39 is 5.92 Å². The van der Waals surface area contributed by atoms with E-state index in [0.717, 1.165) is 11.3 Å². The molecule has 0 aromatic heterocycles. The van der Waals surface area contributed by atoms with Gasteiger partial charge in [0.1, 0.15) is 5.75 Å². The highest BCUT2D eigenvalue weighted by atomic mass is 16.5. The monoisotopic (exact) mass is 279 g/mol. The van der Waals surface area contributed by atoms with Gasteiger partial charge in [-0.1, -0.05) is 24.2 Å². The molecule has 0 bridgehead atoms. The molecule has 0 aliphatic rings. The molecule has 3 N–H and O–H groups in total. The van der Waals surface area contributed by atoms with Crippen molar-refractivity contribution in [3.05, 3.63) is 29.8 Å². The Morgan fingerprint density at radius 1 is 1.55 bits per heavy atom. The first-order chi connectivity index (χ1) is 9.53. The number of hydrogen-bond donors (Lipinski definition) is 2. The minimum atomic E-state index is -0.601. The van der Waals surface area contributed by atoms with E-state index in [4.69, 9.17) is 15.7 Å². The fourth-order valence-corrected chi connectivity index (χ4v) is 1.97. The molecule has 1 aromatic rings. The molecule has 1 aromatic carbocycles. The zero-order valence-corrected chi connectivity index (χ0v) is 12.0. The van der Waals surface area contributed by atoms with Gasteiger partial charge < -0.3 is 20.6 Å². The third-order valence-corrected chi connectivity index (χ3v) is 3.11. The molecule has 1 atom stereocenters. The fraction of sp³-hybridized carbons (Fsp3) is 0.429. The van der Waals surface area contributed by atoms with Gasteiger partial charge in [0.2, 0.25) is 5.91 Å². The predicted octanol–water partition coefficient (Wildman–Crippen LogP) is 1.43. The molecule has 0 saturated heterocycles. The minimum Gasteiger partial charge on any atom is -0.497 e. The van der Waals surface area contributed by atoms with Crippen LogP contribution in [-0.2, 0) is 11.3 Å². The average molecular weight is 279 g/mol. The van der Waals surface area contributed by atoms with Gasteiger partial charge in [-0.05, 0) is 24.1 Å². The molecular formula is C14H21N3O3. The lowest BCUT2D eigenvalue weighted by Crippen LogP contribution is -2.39. The second kappa shape index (κ2) is 7.37. The summed E-state index contributed by atoms with van der Waals surface area (Å²) in [5.74, 6) is -0.0944. The average Bonchev–Trinajstić information content (AvgIpc) is 2.47. The summed E-state index contributed by atoms with van der Waals surface area (Å²) < 4.78 is 5.15. The summed E-state index contributed by atoms with van der Waals surface area (Å²) in [6.07, 6.45) is 0.483. The molecule has 6 nitrogen and oxygen atoms in total. The van der Waals surface area contributed by atoms with Gasteiger partial charge in [0, 0.05) is 13.6 Å². The molecule has 0 heterocycles. The van der Waals surface area contributed by atoms with Crippen molar-refractivity contribution < 1.29 is 14.7 Å². The standard InChI is InChI=1S/C14H21N3O3/c1-4-12(13(15)16-19)14(18)17(2)9-10-6-5-7-11(8-10)20-3/h5-8,12,19H,4,9H2,1-3H3,(H2,15,16). The fourth-order valence-electron chi connectivity index (χ4n) is 1.97. The zero-order valence-electron chi connectivity index (χ0n) is 12.0. The van der Waals surface area contributed by atoms with E-state index >= 15 is 0 Å². The molecule has 0 aliphatic carbocycles. The summed E-state index contributed by atoms with van der Waals surface area (Å²) in [4.78, 5) is 13.8. The molecule has 0 aliphatic heterocycles. The topological polar surface area (TPSA) is 88.2 Å². The van der Waals surface area contributed by atoms with Crippen LogP contribution in [0, 0.1) is 5.92 Å². The van der Waals surface area contributed by atoms with Crippen LogP contribution in [0.15, 0.2) is 29.4 Å². The molecule has 0 saturated carbocycles. The van der Waals surface area contributed by atoms with Crippen molar-refractivity contribution in [3.8, 4) is 5.75 Å². The first kappa shape index (κ1) is 15.8. The van der Waals surface area contributed by atoms with E-state index in [-0.39, 0.29) is 11.7 Å². The van der Waals surface area contributed by atoms with Crippen molar-refractivity contribution in [2.24, 2.45) is 16.8 Å². The number of amidine groups is 1. The van der Waals surface area contributed by atoms with E-state index in [9.17, 15) is 4.79 Å². The van der Waals surface area contributed by atoms with Gasteiger partial charge in [-0.2, -0.15) is 0 Å². The maximum atomic E-state index is 12.3. The van der Waals surface area contributed by atoms with Crippen LogP contribution in [0.4, 0.5) is 0 Å². The zero-order chi connectivity index (χ0) is 15.1. The first-order valence-electron chi connectivity index (χ1n) is 6.38. The molecule has 0 spiro atoms. The third-order valence-electron chi connectivity index (χ3n) is 3.11. The summed E-state index contributed by atoms with van der Waals surface area (Å²) in [5, 5.41) is 11.6. The highest BCUT2D eigenvalue weighted by Crippen LogP contribution is 2.15. The summed E-state index contributed by atoms with van der Waals surface area (Å²) >= 11 is 0. The molecule has 0 radical (unpaired) electrons. The lowest BCUT2D eigenvalue weighted by Gasteiger charge is -2.22. The van der Waals surface area contributed by atoms with Gasteiger partial charge in [0.25, 0.3) is 0 Å². The van der Waals surface area contributed by atoms with E-state index in [2.05, 4.69) is 5.16 Å². The van der Waals surface area contributed by atoms with Crippen LogP contribution >= 0.6 is 0 Å². The Bertz CT molecular complexity index is 488. The summed E-state index contributed by atoms with van der Waals surface area (Å²) in [7, 11) is 3.29. The maximum Gasteiger partial charge on any atom is 0.233 e. The van der Waals surface area contributed by atoms with Crippen molar-refractivity contribution in [2.45, 2.75) is 19.9 Å². The molecule has 110 valence electrons. The van der Waals surface area contributed by atoms with Crippen LogP contribution in [0.1, 0.15) is 18.9 Å². The largest absolute Gasteiger partial charge is 0.497 e. The number of benzene rings is 1. The number of amides is 1. The number of ether oxygens (including phenoxy) is 1. The van der Waals surface area contributed by atoms with E-state index in [0.29, 0.717) is 13.0 Å². The van der Waals surface area contributed by atoms with Crippen LogP contribution in [-0.4, -0.2) is 36.0 Å². The Morgan fingerprint density at radius 3 is 2.80 bits per heavy atom. The van der Waals surface area contributed by atoms with Crippen molar-refractivity contribution in [1.29, 1.82) is 0 Å². The third kappa shape index (κ3) is 3.88. The Morgan fingerprint density at radius 2 is 2.25 bits per heavy atom.